The van der Waals surface area contributed by atoms with E-state index in [1.54, 1.807) is 18.2 Å². The number of hydrogen-bond acceptors (Lipinski definition) is 3. The number of carbonyl (C=O) groups is 1. The quantitative estimate of drug-likeness (QED) is 0.804. The van der Waals surface area contributed by atoms with Crippen molar-refractivity contribution in [2.45, 2.75) is 0 Å². The minimum atomic E-state index is -0.0538. The molecule has 1 aliphatic rings. The molecule has 3 nitrogen and oxygen atoms in total. The Morgan fingerprint density at radius 1 is 1.29 bits per heavy atom. The van der Waals surface area contributed by atoms with Gasteiger partial charge in [0.2, 0.25) is 0 Å². The largest absolute Gasteiger partial charge is 0.370 e. The lowest BCUT2D eigenvalue weighted by molar-refractivity contribution is -0.110. The van der Waals surface area contributed by atoms with Gasteiger partial charge in [-0.05, 0) is 23.8 Å². The number of rotatable bonds is 3. The van der Waals surface area contributed by atoms with Crippen LogP contribution in [0.15, 0.2) is 42.2 Å². The fourth-order valence-corrected chi connectivity index (χ4v) is 1.74. The fourth-order valence-electron chi connectivity index (χ4n) is 1.54. The second-order valence-electron chi connectivity index (χ2n) is 3.70. The summed E-state index contributed by atoms with van der Waals surface area (Å²) in [6.07, 6.45) is 4.83. The molecule has 1 aromatic rings. The lowest BCUT2D eigenvalue weighted by Gasteiger charge is -1.96. The molecular weight excluding hydrogens is 236 g/mol. The van der Waals surface area contributed by atoms with Gasteiger partial charge >= 0.3 is 0 Å². The Balaban J connectivity index is 2.00. The number of nitrogens with one attached hydrogen (secondary N) is 2. The first-order valence-electron chi connectivity index (χ1n) is 5.41. The average molecular weight is 249 g/mol. The van der Waals surface area contributed by atoms with Crippen LogP contribution in [-0.4, -0.2) is 18.9 Å². The third-order valence-electron chi connectivity index (χ3n) is 2.33. The highest BCUT2D eigenvalue weighted by atomic mass is 35.5. The van der Waals surface area contributed by atoms with E-state index in [0.717, 1.165) is 24.5 Å². The highest BCUT2D eigenvalue weighted by Gasteiger charge is 2.04. The zero-order chi connectivity index (χ0) is 12.1. The van der Waals surface area contributed by atoms with Gasteiger partial charge in [-0.2, -0.15) is 0 Å². The van der Waals surface area contributed by atoms with Crippen molar-refractivity contribution in [1.82, 2.24) is 10.6 Å². The molecule has 0 aliphatic carbocycles. The number of halogens is 1. The summed E-state index contributed by atoms with van der Waals surface area (Å²) in [6.45, 7) is 1.72. The third kappa shape index (κ3) is 3.64. The second-order valence-corrected chi connectivity index (χ2v) is 4.14. The van der Waals surface area contributed by atoms with Crippen LogP contribution in [0.3, 0.4) is 0 Å². The van der Waals surface area contributed by atoms with Crippen molar-refractivity contribution in [3.05, 3.63) is 52.8 Å². The minimum Gasteiger partial charge on any atom is -0.370 e. The van der Waals surface area contributed by atoms with Crippen molar-refractivity contribution >= 4 is 23.5 Å². The lowest BCUT2D eigenvalue weighted by atomic mass is 10.2. The molecule has 0 radical (unpaired) electrons. The minimum absolute atomic E-state index is 0.0538. The monoisotopic (exact) mass is 248 g/mol. The zero-order valence-corrected chi connectivity index (χ0v) is 10.00. The van der Waals surface area contributed by atoms with Crippen molar-refractivity contribution in [3.63, 3.8) is 0 Å². The number of ketones is 1. The Hall–Kier alpha value is -1.74. The summed E-state index contributed by atoms with van der Waals surface area (Å²) in [6, 6.07) is 7.36. The average Bonchev–Trinajstić information content (AvgIpc) is 2.79. The topological polar surface area (TPSA) is 41.1 Å². The molecule has 4 heteroatoms. The van der Waals surface area contributed by atoms with Gasteiger partial charge in [0.25, 0.3) is 0 Å². The molecule has 0 atom stereocenters. The van der Waals surface area contributed by atoms with Crippen LogP contribution in [0, 0.1) is 0 Å². The van der Waals surface area contributed by atoms with Crippen LogP contribution in [0.4, 0.5) is 0 Å². The molecule has 2 rings (SSSR count). The molecule has 1 heterocycles. The van der Waals surface area contributed by atoms with E-state index >= 15 is 0 Å². The van der Waals surface area contributed by atoms with Crippen molar-refractivity contribution in [2.24, 2.45) is 0 Å². The van der Waals surface area contributed by atoms with Crippen LogP contribution in [0.25, 0.3) is 6.08 Å². The summed E-state index contributed by atoms with van der Waals surface area (Å²) in [5.74, 6) is 0.729. The van der Waals surface area contributed by atoms with Gasteiger partial charge in [0.1, 0.15) is 5.82 Å². The molecule has 0 saturated carbocycles. The molecule has 88 valence electrons. The van der Waals surface area contributed by atoms with Crippen LogP contribution in [-0.2, 0) is 4.79 Å². The van der Waals surface area contributed by atoms with Crippen molar-refractivity contribution < 1.29 is 4.79 Å². The fraction of sp³-hybridized carbons (Fsp3) is 0.154. The number of carbonyl (C=O) groups excluding carboxylic acids is 1. The van der Waals surface area contributed by atoms with Crippen molar-refractivity contribution in [3.8, 4) is 0 Å². The van der Waals surface area contributed by atoms with E-state index in [9.17, 15) is 4.79 Å². The predicted molar refractivity (Wildman–Crippen MR) is 69.6 cm³/mol. The standard InChI is InChI=1S/C13H13ClN2O/c14-11-3-1-2-10(8-11)4-5-12(17)9-13-15-6-7-16-13/h1-5,8-9,15-16H,6-7H2/b5-4+. The number of allylic oxidation sites excluding steroid dienone is 2. The van der Waals surface area contributed by atoms with Gasteiger partial charge in [-0.15, -0.1) is 0 Å². The Morgan fingerprint density at radius 3 is 2.76 bits per heavy atom. The van der Waals surface area contributed by atoms with Crippen LogP contribution < -0.4 is 10.6 Å². The van der Waals surface area contributed by atoms with Crippen molar-refractivity contribution in [2.75, 3.05) is 13.1 Å². The maximum atomic E-state index is 11.6. The van der Waals surface area contributed by atoms with Crippen LogP contribution in [0.2, 0.25) is 5.02 Å². The number of benzene rings is 1. The molecule has 0 spiro atoms. The van der Waals surface area contributed by atoms with E-state index in [2.05, 4.69) is 10.6 Å². The molecule has 0 bridgehead atoms. The van der Waals surface area contributed by atoms with E-state index < -0.39 is 0 Å². The zero-order valence-electron chi connectivity index (χ0n) is 9.24. The molecule has 1 aliphatic heterocycles. The summed E-state index contributed by atoms with van der Waals surface area (Å²) < 4.78 is 0. The summed E-state index contributed by atoms with van der Waals surface area (Å²) >= 11 is 5.85. The van der Waals surface area contributed by atoms with Crippen LogP contribution >= 0.6 is 11.6 Å². The van der Waals surface area contributed by atoms with Gasteiger partial charge < -0.3 is 10.6 Å². The highest BCUT2D eigenvalue weighted by Crippen LogP contribution is 2.11. The molecule has 2 N–H and O–H groups in total. The van der Waals surface area contributed by atoms with Crippen molar-refractivity contribution in [1.29, 1.82) is 0 Å². The maximum absolute atomic E-state index is 11.6. The Labute approximate surface area is 105 Å². The van der Waals surface area contributed by atoms with E-state index in [-0.39, 0.29) is 5.78 Å². The molecule has 1 saturated heterocycles. The molecule has 17 heavy (non-hydrogen) atoms. The second kappa shape index (κ2) is 5.55. The summed E-state index contributed by atoms with van der Waals surface area (Å²) in [5.41, 5.74) is 0.914. The first-order chi connectivity index (χ1) is 8.24. The smallest absolute Gasteiger partial charge is 0.182 e. The van der Waals surface area contributed by atoms with Crippen LogP contribution in [0.5, 0.6) is 0 Å². The molecule has 0 amide bonds. The van der Waals surface area contributed by atoms with Crippen LogP contribution in [0.1, 0.15) is 5.56 Å². The lowest BCUT2D eigenvalue weighted by Crippen LogP contribution is -2.11. The van der Waals surface area contributed by atoms with E-state index in [1.165, 1.54) is 6.08 Å². The Kier molecular flexibility index (Phi) is 3.83. The Morgan fingerprint density at radius 2 is 2.06 bits per heavy atom. The molecule has 1 fully saturated rings. The number of hydrogen-bond donors (Lipinski definition) is 2. The third-order valence-corrected chi connectivity index (χ3v) is 2.57. The summed E-state index contributed by atoms with van der Waals surface area (Å²) in [7, 11) is 0. The molecular formula is C13H13ClN2O. The SMILES string of the molecule is O=C(C=C1NCCN1)/C=C/c1cccc(Cl)c1. The van der Waals surface area contributed by atoms with Gasteiger partial charge in [-0.25, -0.2) is 0 Å². The van der Waals surface area contributed by atoms with Gasteiger partial charge in [0.15, 0.2) is 5.78 Å². The first-order valence-corrected chi connectivity index (χ1v) is 5.79. The van der Waals surface area contributed by atoms with E-state index in [4.69, 9.17) is 11.6 Å². The van der Waals surface area contributed by atoms with Gasteiger partial charge in [0, 0.05) is 24.2 Å². The molecule has 0 unspecified atom stereocenters. The summed E-state index contributed by atoms with van der Waals surface area (Å²) in [4.78, 5) is 11.6. The maximum Gasteiger partial charge on any atom is 0.182 e. The predicted octanol–water partition coefficient (Wildman–Crippen LogP) is 1.96. The van der Waals surface area contributed by atoms with Gasteiger partial charge in [-0.1, -0.05) is 29.8 Å². The highest BCUT2D eigenvalue weighted by molar-refractivity contribution is 6.30. The molecule has 0 aromatic heterocycles. The normalized spacial score (nSPS) is 14.5. The van der Waals surface area contributed by atoms with E-state index in [1.807, 2.05) is 18.2 Å². The van der Waals surface area contributed by atoms with Gasteiger partial charge in [-0.3, -0.25) is 4.79 Å². The van der Waals surface area contributed by atoms with Gasteiger partial charge in [0.05, 0.1) is 0 Å². The first kappa shape index (κ1) is 11.7. The Bertz CT molecular complexity index is 472. The van der Waals surface area contributed by atoms with E-state index in [0.29, 0.717) is 5.02 Å². The summed E-state index contributed by atoms with van der Waals surface area (Å²) in [5, 5.41) is 6.80. The molecule has 1 aromatic carbocycles.